The van der Waals surface area contributed by atoms with Crippen LogP contribution >= 0.6 is 15.6 Å². The Labute approximate surface area is 372 Å². The van der Waals surface area contributed by atoms with Gasteiger partial charge < -0.3 is 40.6 Å². The maximum absolute atomic E-state index is 13.2. The molecule has 12 atom stereocenters. The lowest BCUT2D eigenvalue weighted by Crippen LogP contribution is -2.46. The maximum atomic E-state index is 13.2. The van der Waals surface area contributed by atoms with E-state index in [2.05, 4.69) is 9.97 Å². The summed E-state index contributed by atoms with van der Waals surface area (Å²) in [6.45, 7) is 3.54. The SMILES string of the molecule is CC1(C)O[C@@H]2[C@H](O1)C(COP1(=O)OCCC(c3cccnc3)O1)O[C@H]2[n+]1cccc(C(N)=O)c1.NC(=O)c1ccc[n+]([C@@H]2OC(COP3(=O)OCCC(c4cccnc4)O3)[C@@H](O)[C@H]2O)c1. The molecule has 65 heavy (non-hydrogen) atoms. The van der Waals surface area contributed by atoms with Gasteiger partial charge in [-0.1, -0.05) is 12.1 Å². The molecule has 6 N–H and O–H groups in total. The Morgan fingerprint density at radius 3 is 1.72 bits per heavy atom. The number of fused-ring (bicyclic) bond motifs is 1. The summed E-state index contributed by atoms with van der Waals surface area (Å²) in [6.07, 6.45) is 6.02. The third kappa shape index (κ3) is 11.0. The number of phosphoric ester groups is 2. The Hall–Kier alpha value is -4.48. The van der Waals surface area contributed by atoms with Crippen LogP contribution in [0.2, 0.25) is 0 Å². The minimum atomic E-state index is -3.91. The molecule has 5 saturated heterocycles. The Balaban J connectivity index is 0.000000178. The lowest BCUT2D eigenvalue weighted by molar-refractivity contribution is -0.766. The summed E-state index contributed by atoms with van der Waals surface area (Å²) in [6, 6.07) is 13.6. The normalized spacial score (nSPS) is 34.0. The van der Waals surface area contributed by atoms with Gasteiger partial charge in [0.2, 0.25) is 0 Å². The molecule has 24 heteroatoms. The first-order valence-corrected chi connectivity index (χ1v) is 23.6. The highest BCUT2D eigenvalue weighted by molar-refractivity contribution is 7.48. The van der Waals surface area contributed by atoms with E-state index in [0.29, 0.717) is 18.4 Å². The number of phosphoric acid groups is 2. The van der Waals surface area contributed by atoms with Crippen LogP contribution in [-0.2, 0) is 55.2 Å². The number of aromatic nitrogens is 4. The van der Waals surface area contributed by atoms with Crippen LogP contribution < -0.4 is 20.6 Å². The summed E-state index contributed by atoms with van der Waals surface area (Å²) in [7, 11) is -7.76. The molecule has 0 saturated carbocycles. The molecule has 0 radical (unpaired) electrons. The number of nitrogens with two attached hydrogens (primary N) is 2. The van der Waals surface area contributed by atoms with Crippen LogP contribution in [0.3, 0.4) is 0 Å². The number of hydrogen-bond acceptors (Lipinski definition) is 18. The number of carbonyl (C=O) groups is 2. The predicted octanol–water partition coefficient (Wildman–Crippen LogP) is 2.58. The summed E-state index contributed by atoms with van der Waals surface area (Å²) in [5, 5.41) is 20.8. The average molecular weight is 945 g/mol. The molecule has 0 spiro atoms. The number of amides is 2. The van der Waals surface area contributed by atoms with Crippen LogP contribution in [0.15, 0.2) is 98.1 Å². The standard InChI is InChI=1S/C22H26N3O8P.C19H22N3O8P/c1-22(2)31-18-17(30-21(19(18)32-22)25-9-4-6-15(12-25)20(23)26)13-29-34(27)28-10-7-16(33-34)14-5-3-8-24-11-14;20-18(25)13-4-2-7-22(10-13)19-17(24)16(23)15(29-19)11-28-31(26)27-8-5-14(30-31)12-3-1-6-21-9-12/h3-6,8-9,11-12,16-19,21H,7,10,13H2,1-2H3,(H-,23,26);1-4,6-7,9-10,14-17,19,23-24H,5,8,11H2,(H-,20,25)/p+2/t16?,17?,18-,19-,21-,34?;14?,15?,16-,17-,19-,31?/m11/s1. The van der Waals surface area contributed by atoms with Gasteiger partial charge in [0.15, 0.2) is 42.8 Å². The second-order valence-electron chi connectivity index (χ2n) is 16.0. The summed E-state index contributed by atoms with van der Waals surface area (Å²) >= 11 is 0. The molecule has 0 aromatic carbocycles. The van der Waals surface area contributed by atoms with Crippen LogP contribution in [0, 0.1) is 0 Å². The van der Waals surface area contributed by atoms with Gasteiger partial charge in [-0.3, -0.25) is 46.7 Å². The van der Waals surface area contributed by atoms with Crippen LogP contribution in [0.4, 0.5) is 0 Å². The number of hydrogen-bond donors (Lipinski definition) is 4. The molecule has 9 heterocycles. The zero-order chi connectivity index (χ0) is 45.9. The molecule has 348 valence electrons. The Morgan fingerprint density at radius 2 is 1.22 bits per heavy atom. The van der Waals surface area contributed by atoms with Crippen molar-refractivity contribution in [3.8, 4) is 0 Å². The third-order valence-electron chi connectivity index (χ3n) is 10.9. The number of carbonyl (C=O) groups excluding carboxylic acids is 2. The first-order valence-electron chi connectivity index (χ1n) is 20.7. The van der Waals surface area contributed by atoms with Crippen molar-refractivity contribution < 1.29 is 84.2 Å². The fraction of sp³-hybridized carbons (Fsp3) is 0.463. The van der Waals surface area contributed by atoms with Gasteiger partial charge in [-0.25, -0.2) is 9.13 Å². The van der Waals surface area contributed by atoms with Crippen molar-refractivity contribution in [2.45, 2.75) is 93.8 Å². The van der Waals surface area contributed by atoms with E-state index in [0.717, 1.165) is 11.1 Å². The number of pyridine rings is 4. The summed E-state index contributed by atoms with van der Waals surface area (Å²) in [4.78, 5) is 31.1. The first kappa shape index (κ1) is 47.0. The highest BCUT2D eigenvalue weighted by atomic mass is 31.2. The van der Waals surface area contributed by atoms with Crippen LogP contribution in [0.1, 0.15) is 83.2 Å². The van der Waals surface area contributed by atoms with Gasteiger partial charge in [0.05, 0.1) is 38.6 Å². The number of nitrogens with zero attached hydrogens (tertiary/aromatic N) is 4. The lowest BCUT2D eigenvalue weighted by Gasteiger charge is -2.30. The van der Waals surface area contributed by atoms with Crippen molar-refractivity contribution in [1.82, 2.24) is 9.97 Å². The number of aliphatic hydroxyl groups excluding tert-OH is 2. The number of primary amides is 2. The monoisotopic (exact) mass is 944 g/mol. The highest BCUT2D eigenvalue weighted by Gasteiger charge is 2.60. The zero-order valence-electron chi connectivity index (χ0n) is 35.2. The van der Waals surface area contributed by atoms with Gasteiger partial charge in [0.1, 0.15) is 35.5 Å². The van der Waals surface area contributed by atoms with E-state index in [9.17, 15) is 28.9 Å². The van der Waals surface area contributed by atoms with E-state index < -0.39 is 94.5 Å². The summed E-state index contributed by atoms with van der Waals surface area (Å²) in [5.74, 6) is -2.05. The molecule has 0 bridgehead atoms. The Bertz CT molecular complexity index is 2410. The van der Waals surface area contributed by atoms with Crippen molar-refractivity contribution >= 4 is 27.5 Å². The van der Waals surface area contributed by atoms with Crippen molar-refractivity contribution in [2.75, 3.05) is 26.4 Å². The largest absolute Gasteiger partial charge is 0.475 e. The Morgan fingerprint density at radius 1 is 0.723 bits per heavy atom. The van der Waals surface area contributed by atoms with E-state index in [1.807, 2.05) is 6.07 Å². The number of rotatable bonds is 12. The number of aliphatic hydroxyl groups is 2. The van der Waals surface area contributed by atoms with Crippen LogP contribution in [0.25, 0.3) is 0 Å². The molecule has 5 aliphatic heterocycles. The molecular weight excluding hydrogens is 894 g/mol. The molecule has 0 aliphatic carbocycles. The van der Waals surface area contributed by atoms with E-state index in [1.165, 1.54) is 16.8 Å². The minimum Gasteiger partial charge on any atom is -0.387 e. The first-order chi connectivity index (χ1) is 31.1. The molecule has 4 aromatic heterocycles. The Kier molecular flexibility index (Phi) is 14.3. The van der Waals surface area contributed by atoms with Crippen molar-refractivity contribution in [3.05, 3.63) is 120 Å². The molecule has 9 rings (SSSR count). The zero-order valence-corrected chi connectivity index (χ0v) is 37.0. The smallest absolute Gasteiger partial charge is 0.387 e. The molecule has 5 fully saturated rings. The van der Waals surface area contributed by atoms with E-state index >= 15 is 0 Å². The fourth-order valence-corrected chi connectivity index (χ4v) is 10.6. The van der Waals surface area contributed by atoms with Gasteiger partial charge >= 0.3 is 15.6 Å². The van der Waals surface area contributed by atoms with Gasteiger partial charge in [0.25, 0.3) is 24.3 Å². The number of ether oxygens (including phenoxy) is 4. The van der Waals surface area contributed by atoms with Gasteiger partial charge in [-0.15, -0.1) is 0 Å². The topological polar surface area (TPSA) is 287 Å². The molecule has 4 aromatic rings. The molecule has 5 aliphatic rings. The van der Waals surface area contributed by atoms with Crippen LogP contribution in [-0.4, -0.2) is 101 Å². The molecule has 2 amide bonds. The van der Waals surface area contributed by atoms with Crippen LogP contribution in [0.5, 0.6) is 0 Å². The molecule has 6 unspecified atom stereocenters. The summed E-state index contributed by atoms with van der Waals surface area (Å²) < 4.78 is 86.2. The fourth-order valence-electron chi connectivity index (χ4n) is 7.81. The van der Waals surface area contributed by atoms with Crippen molar-refractivity contribution in [3.63, 3.8) is 0 Å². The van der Waals surface area contributed by atoms with Gasteiger partial charge in [-0.2, -0.15) is 9.13 Å². The van der Waals surface area contributed by atoms with Crippen molar-refractivity contribution in [2.24, 2.45) is 11.5 Å². The highest BCUT2D eigenvalue weighted by Crippen LogP contribution is 2.58. The predicted molar refractivity (Wildman–Crippen MR) is 218 cm³/mol. The minimum absolute atomic E-state index is 0.107. The maximum Gasteiger partial charge on any atom is 0.475 e. The molecular formula is C41H50N6O16P2+2. The average Bonchev–Trinajstić information content (AvgIpc) is 3.91. The van der Waals surface area contributed by atoms with E-state index in [-0.39, 0.29) is 32.0 Å². The quantitative estimate of drug-likeness (QED) is 0.117. The molecule has 22 nitrogen and oxygen atoms in total. The lowest BCUT2D eigenvalue weighted by atomic mass is 10.1. The van der Waals surface area contributed by atoms with E-state index in [4.69, 9.17) is 57.6 Å². The van der Waals surface area contributed by atoms with Gasteiger partial charge in [-0.05, 0) is 49.2 Å². The van der Waals surface area contributed by atoms with E-state index in [1.54, 1.807) is 98.2 Å². The second kappa shape index (κ2) is 19.8. The van der Waals surface area contributed by atoms with Crippen molar-refractivity contribution in [1.29, 1.82) is 0 Å². The second-order valence-corrected chi connectivity index (χ2v) is 19.2. The van der Waals surface area contributed by atoms with Gasteiger partial charge in [0, 0.05) is 49.8 Å². The summed E-state index contributed by atoms with van der Waals surface area (Å²) in [5.41, 5.74) is 12.8. The third-order valence-corrected chi connectivity index (χ3v) is 13.9.